The van der Waals surface area contributed by atoms with Crippen LogP contribution in [-0.2, 0) is 4.79 Å². The van der Waals surface area contributed by atoms with E-state index in [1.165, 1.54) is 11.8 Å². The van der Waals surface area contributed by atoms with Crippen LogP contribution in [-0.4, -0.2) is 31.3 Å². The number of thioether (sulfide) groups is 1. The van der Waals surface area contributed by atoms with Crippen molar-refractivity contribution in [2.24, 2.45) is 4.99 Å². The lowest BCUT2D eigenvalue weighted by atomic mass is 10.2. The van der Waals surface area contributed by atoms with E-state index >= 15 is 0 Å². The van der Waals surface area contributed by atoms with E-state index in [9.17, 15) is 4.79 Å². The zero-order valence-corrected chi connectivity index (χ0v) is 19.4. The van der Waals surface area contributed by atoms with Crippen LogP contribution in [0.4, 0.5) is 17.1 Å². The second-order valence-corrected chi connectivity index (χ2v) is 7.95. The summed E-state index contributed by atoms with van der Waals surface area (Å²) >= 11 is 1.53. The Balaban J connectivity index is 1.90. The fourth-order valence-electron chi connectivity index (χ4n) is 2.93. The molecule has 4 nitrogen and oxygen atoms in total. The average molecular weight is 442 g/mol. The molecule has 162 valence electrons. The number of amidine groups is 1. The van der Waals surface area contributed by atoms with Gasteiger partial charge in [0.1, 0.15) is 0 Å². The number of para-hydroxylation sites is 1. The molecular formula is C27H27N3OS. The first kappa shape index (κ1) is 23.1. The van der Waals surface area contributed by atoms with E-state index in [2.05, 4.69) is 4.90 Å². The molecule has 0 aliphatic rings. The summed E-state index contributed by atoms with van der Waals surface area (Å²) in [5.74, 6) is -0.0936. The minimum atomic E-state index is -0.0936. The van der Waals surface area contributed by atoms with E-state index < -0.39 is 0 Å². The summed E-state index contributed by atoms with van der Waals surface area (Å²) in [5.41, 5.74) is 3.87. The zero-order valence-electron chi connectivity index (χ0n) is 18.6. The topological polar surface area (TPSA) is 35.9 Å². The molecule has 0 fully saturated rings. The van der Waals surface area contributed by atoms with E-state index in [1.807, 2.05) is 116 Å². The van der Waals surface area contributed by atoms with E-state index in [0.29, 0.717) is 0 Å². The maximum atomic E-state index is 12.5. The number of allylic oxidation sites excluding steroid dienone is 2. The Morgan fingerprint density at radius 1 is 0.812 bits per heavy atom. The number of ketones is 1. The molecule has 0 bridgehead atoms. The number of benzene rings is 3. The molecule has 0 heterocycles. The lowest BCUT2D eigenvalue weighted by Crippen LogP contribution is -2.22. The third-order valence-electron chi connectivity index (χ3n) is 4.64. The normalized spacial score (nSPS) is 11.8. The van der Waals surface area contributed by atoms with Gasteiger partial charge in [-0.2, -0.15) is 0 Å². The Labute approximate surface area is 194 Å². The highest BCUT2D eigenvalue weighted by Crippen LogP contribution is 2.25. The van der Waals surface area contributed by atoms with Crippen LogP contribution < -0.4 is 9.80 Å². The molecule has 3 aromatic carbocycles. The summed E-state index contributed by atoms with van der Waals surface area (Å²) in [4.78, 5) is 21.3. The monoisotopic (exact) mass is 441 g/mol. The van der Waals surface area contributed by atoms with Gasteiger partial charge in [0.2, 0.25) is 0 Å². The van der Waals surface area contributed by atoms with Gasteiger partial charge < -0.3 is 4.90 Å². The van der Waals surface area contributed by atoms with Crippen LogP contribution >= 0.6 is 11.8 Å². The van der Waals surface area contributed by atoms with E-state index in [-0.39, 0.29) is 5.78 Å². The number of hydrogen-bond acceptors (Lipinski definition) is 4. The third-order valence-corrected chi connectivity index (χ3v) is 5.29. The lowest BCUT2D eigenvalue weighted by molar-refractivity contribution is -0.110. The molecule has 0 unspecified atom stereocenters. The summed E-state index contributed by atoms with van der Waals surface area (Å²) in [6.07, 6.45) is 8.72. The molecule has 0 N–H and O–H groups in total. The van der Waals surface area contributed by atoms with Crippen molar-refractivity contribution in [3.63, 3.8) is 0 Å². The van der Waals surface area contributed by atoms with Gasteiger partial charge in [-0.15, -0.1) is 0 Å². The van der Waals surface area contributed by atoms with Gasteiger partial charge in [0, 0.05) is 37.7 Å². The number of hydrogen-bond donors (Lipinski definition) is 0. The average Bonchev–Trinajstić information content (AvgIpc) is 2.83. The molecule has 0 spiro atoms. The summed E-state index contributed by atoms with van der Waals surface area (Å²) in [5, 5.41) is 0.768. The Bertz CT molecular complexity index is 1090. The fourth-order valence-corrected chi connectivity index (χ4v) is 3.49. The molecule has 0 aliphatic carbocycles. The van der Waals surface area contributed by atoms with Crippen molar-refractivity contribution in [3.8, 4) is 0 Å². The summed E-state index contributed by atoms with van der Waals surface area (Å²) in [7, 11) is 4.02. The Hall–Kier alpha value is -3.57. The highest BCUT2D eigenvalue weighted by atomic mass is 32.2. The van der Waals surface area contributed by atoms with Crippen LogP contribution in [0.3, 0.4) is 0 Å². The van der Waals surface area contributed by atoms with Crippen LogP contribution in [0, 0.1) is 0 Å². The second kappa shape index (κ2) is 11.7. The van der Waals surface area contributed by atoms with Gasteiger partial charge >= 0.3 is 0 Å². The van der Waals surface area contributed by atoms with Crippen LogP contribution in [0.15, 0.2) is 108 Å². The van der Waals surface area contributed by atoms with E-state index in [4.69, 9.17) is 4.99 Å². The van der Waals surface area contributed by atoms with Crippen LogP contribution in [0.2, 0.25) is 0 Å². The molecule has 0 amide bonds. The summed E-state index contributed by atoms with van der Waals surface area (Å²) in [6, 6.07) is 27.7. The van der Waals surface area contributed by atoms with Crippen LogP contribution in [0.25, 0.3) is 6.08 Å². The smallest absolute Gasteiger partial charge is 0.180 e. The molecule has 0 aromatic heterocycles. The van der Waals surface area contributed by atoms with E-state index in [0.717, 1.165) is 27.8 Å². The van der Waals surface area contributed by atoms with Gasteiger partial charge in [-0.1, -0.05) is 66.4 Å². The second-order valence-electron chi connectivity index (χ2n) is 7.18. The minimum absolute atomic E-state index is 0.0936. The summed E-state index contributed by atoms with van der Waals surface area (Å²) in [6.45, 7) is 0. The van der Waals surface area contributed by atoms with Gasteiger partial charge in [-0.3, -0.25) is 9.69 Å². The first-order valence-corrected chi connectivity index (χ1v) is 11.5. The zero-order chi connectivity index (χ0) is 22.8. The molecule has 0 aliphatic heterocycles. The third kappa shape index (κ3) is 6.72. The number of anilines is 2. The first-order chi connectivity index (χ1) is 15.6. The SMILES string of the molecule is CSC(=Nc1ccccc1)N(/C=C/C(=O)/C=C/c1ccccc1)c1ccc(N(C)C)cc1. The number of carbonyl (C=O) groups is 1. The Kier molecular flexibility index (Phi) is 8.46. The molecule has 0 saturated heterocycles. The maximum Gasteiger partial charge on any atom is 0.180 e. The Morgan fingerprint density at radius 3 is 2.00 bits per heavy atom. The van der Waals surface area contributed by atoms with Crippen LogP contribution in [0.5, 0.6) is 0 Å². The quantitative estimate of drug-likeness (QED) is 0.241. The van der Waals surface area contributed by atoms with Crippen molar-refractivity contribution in [1.82, 2.24) is 0 Å². The number of carbonyl (C=O) groups excluding carboxylic acids is 1. The van der Waals surface area contributed by atoms with Crippen molar-refractivity contribution >= 4 is 45.9 Å². The largest absolute Gasteiger partial charge is 0.378 e. The molecule has 5 heteroatoms. The van der Waals surface area contributed by atoms with Crippen molar-refractivity contribution in [1.29, 1.82) is 0 Å². The number of nitrogens with zero attached hydrogens (tertiary/aromatic N) is 3. The van der Waals surface area contributed by atoms with Crippen LogP contribution in [0.1, 0.15) is 5.56 Å². The molecule has 3 rings (SSSR count). The summed E-state index contributed by atoms with van der Waals surface area (Å²) < 4.78 is 0. The van der Waals surface area contributed by atoms with Gasteiger partial charge in [0.05, 0.1) is 5.69 Å². The van der Waals surface area contributed by atoms with Crippen molar-refractivity contribution in [2.45, 2.75) is 0 Å². The predicted molar refractivity (Wildman–Crippen MR) is 140 cm³/mol. The first-order valence-electron chi connectivity index (χ1n) is 10.3. The Morgan fingerprint density at radius 2 is 1.41 bits per heavy atom. The van der Waals surface area contributed by atoms with Crippen molar-refractivity contribution in [3.05, 3.63) is 109 Å². The van der Waals surface area contributed by atoms with Gasteiger partial charge in [0.15, 0.2) is 11.0 Å². The van der Waals surface area contributed by atoms with Crippen molar-refractivity contribution < 1.29 is 4.79 Å². The molecule has 0 radical (unpaired) electrons. The highest BCUT2D eigenvalue weighted by molar-refractivity contribution is 8.13. The van der Waals surface area contributed by atoms with Gasteiger partial charge in [-0.25, -0.2) is 4.99 Å². The standard InChI is InChI=1S/C27H27N3OS/c1-29(2)24-15-17-25(18-16-24)30(27(32-3)28-23-12-8-5-9-13-23)21-20-26(31)19-14-22-10-6-4-7-11-22/h4-21H,1-3H3/b19-14+,21-20+,28-27?. The maximum absolute atomic E-state index is 12.5. The number of aliphatic imine (C=N–C) groups is 1. The molecule has 32 heavy (non-hydrogen) atoms. The fraction of sp³-hybridized carbons (Fsp3) is 0.111. The predicted octanol–water partition coefficient (Wildman–Crippen LogP) is 6.41. The van der Waals surface area contributed by atoms with E-state index in [1.54, 1.807) is 18.4 Å². The minimum Gasteiger partial charge on any atom is -0.378 e. The van der Waals surface area contributed by atoms with Gasteiger partial charge in [0.25, 0.3) is 0 Å². The van der Waals surface area contributed by atoms with Crippen molar-refractivity contribution in [2.75, 3.05) is 30.2 Å². The molecule has 0 atom stereocenters. The molecular weight excluding hydrogens is 414 g/mol. The van der Waals surface area contributed by atoms with Gasteiger partial charge in [-0.05, 0) is 54.3 Å². The highest BCUT2D eigenvalue weighted by Gasteiger charge is 2.12. The number of rotatable bonds is 7. The molecule has 3 aromatic rings. The lowest BCUT2D eigenvalue weighted by Gasteiger charge is -2.22. The molecule has 0 saturated carbocycles.